The second-order valence-electron chi connectivity index (χ2n) is 7.20. The Labute approximate surface area is 156 Å². The van der Waals surface area contributed by atoms with Crippen molar-refractivity contribution in [1.82, 2.24) is 0 Å². The molecule has 0 saturated heterocycles. The van der Waals surface area contributed by atoms with E-state index in [1.807, 2.05) is 0 Å². The van der Waals surface area contributed by atoms with Gasteiger partial charge >= 0.3 is 11.9 Å². The number of ether oxygens (including phenoxy) is 2. The maximum absolute atomic E-state index is 11.8. The van der Waals surface area contributed by atoms with Gasteiger partial charge in [-0.3, -0.25) is 9.59 Å². The van der Waals surface area contributed by atoms with Gasteiger partial charge < -0.3 is 19.1 Å². The lowest BCUT2D eigenvalue weighted by Gasteiger charge is -2.28. The lowest BCUT2D eigenvalue weighted by atomic mass is 9.95. The highest BCUT2D eigenvalue weighted by Crippen LogP contribution is 2.24. The molecule has 0 aliphatic heterocycles. The number of ketones is 2. The average molecular weight is 368 g/mol. The number of hydrogen-bond donors (Lipinski definition) is 0. The first-order valence-corrected chi connectivity index (χ1v) is 9.74. The Balaban J connectivity index is 2.10. The Morgan fingerprint density at radius 1 is 0.615 bits per heavy atom. The van der Waals surface area contributed by atoms with Crippen LogP contribution in [-0.4, -0.2) is 35.7 Å². The first-order chi connectivity index (χ1) is 12.4. The van der Waals surface area contributed by atoms with Crippen molar-refractivity contribution in [3.63, 3.8) is 0 Å². The smallest absolute Gasteiger partial charge is 0.306 e. The zero-order chi connectivity index (χ0) is 19.4. The summed E-state index contributed by atoms with van der Waals surface area (Å²) in [5, 5.41) is 0. The highest BCUT2D eigenvalue weighted by atomic mass is 16.6. The largest absolute Gasteiger partial charge is 0.462 e. The molecule has 148 valence electrons. The standard InChI is InChI=1S/C20H32O6/c1-15(21)7-3-5-9-19(23)25-17-11-13-18(14-12-17)26-20(24)10-6-4-8-16(2)22/h17-18H,3-14H2,1-2H3. The summed E-state index contributed by atoms with van der Waals surface area (Å²) in [5.74, 6) is -0.130. The summed E-state index contributed by atoms with van der Waals surface area (Å²) in [5.41, 5.74) is 0. The minimum atomic E-state index is -0.209. The van der Waals surface area contributed by atoms with E-state index in [0.29, 0.717) is 64.2 Å². The molecular weight excluding hydrogens is 336 g/mol. The molecule has 0 N–H and O–H groups in total. The van der Waals surface area contributed by atoms with E-state index in [2.05, 4.69) is 0 Å². The molecule has 1 rings (SSSR count). The monoisotopic (exact) mass is 368 g/mol. The van der Waals surface area contributed by atoms with Crippen LogP contribution in [0.25, 0.3) is 0 Å². The minimum Gasteiger partial charge on any atom is -0.462 e. The number of esters is 2. The molecule has 1 saturated carbocycles. The quantitative estimate of drug-likeness (QED) is 0.386. The first-order valence-electron chi connectivity index (χ1n) is 9.74. The molecule has 0 aromatic rings. The topological polar surface area (TPSA) is 86.7 Å². The molecule has 6 heteroatoms. The fraction of sp³-hybridized carbons (Fsp3) is 0.800. The molecule has 0 atom stereocenters. The van der Waals surface area contributed by atoms with Crippen molar-refractivity contribution >= 4 is 23.5 Å². The molecule has 0 amide bonds. The fourth-order valence-corrected chi connectivity index (χ4v) is 3.04. The summed E-state index contributed by atoms with van der Waals surface area (Å²) in [6, 6.07) is 0. The van der Waals surface area contributed by atoms with Crippen LogP contribution in [0.2, 0.25) is 0 Å². The van der Waals surface area contributed by atoms with Gasteiger partial charge in [-0.25, -0.2) is 0 Å². The summed E-state index contributed by atoms with van der Waals surface area (Å²) >= 11 is 0. The Hall–Kier alpha value is -1.72. The SMILES string of the molecule is CC(=O)CCCCC(=O)OC1CCC(OC(=O)CCCCC(C)=O)CC1. The van der Waals surface area contributed by atoms with E-state index in [1.54, 1.807) is 13.8 Å². The van der Waals surface area contributed by atoms with Crippen molar-refractivity contribution < 1.29 is 28.7 Å². The van der Waals surface area contributed by atoms with Gasteiger partial charge in [-0.1, -0.05) is 0 Å². The Kier molecular flexibility index (Phi) is 10.8. The third-order valence-corrected chi connectivity index (χ3v) is 4.54. The number of Topliss-reactive ketones (excluding diaryl/α,β-unsaturated/α-hetero) is 2. The highest BCUT2D eigenvalue weighted by Gasteiger charge is 2.26. The van der Waals surface area contributed by atoms with Gasteiger partial charge in [0, 0.05) is 25.7 Å². The van der Waals surface area contributed by atoms with Crippen molar-refractivity contribution in [2.75, 3.05) is 0 Å². The van der Waals surface area contributed by atoms with E-state index in [4.69, 9.17) is 9.47 Å². The number of rotatable bonds is 12. The highest BCUT2D eigenvalue weighted by molar-refractivity contribution is 5.76. The van der Waals surface area contributed by atoms with Gasteiger partial charge in [0.15, 0.2) is 0 Å². The van der Waals surface area contributed by atoms with Crippen LogP contribution in [-0.2, 0) is 28.7 Å². The van der Waals surface area contributed by atoms with Crippen molar-refractivity contribution in [1.29, 1.82) is 0 Å². The number of unbranched alkanes of at least 4 members (excludes halogenated alkanes) is 2. The molecule has 0 unspecified atom stereocenters. The summed E-state index contributed by atoms with van der Waals surface area (Å²) in [7, 11) is 0. The van der Waals surface area contributed by atoms with E-state index >= 15 is 0 Å². The molecule has 0 spiro atoms. The van der Waals surface area contributed by atoms with Gasteiger partial charge in [-0.15, -0.1) is 0 Å². The number of carbonyl (C=O) groups excluding carboxylic acids is 4. The second kappa shape index (κ2) is 12.6. The summed E-state index contributed by atoms with van der Waals surface area (Å²) in [6.45, 7) is 3.10. The van der Waals surface area contributed by atoms with Crippen molar-refractivity contribution in [2.24, 2.45) is 0 Å². The molecular formula is C20H32O6. The molecule has 1 aliphatic carbocycles. The molecule has 0 aromatic heterocycles. The van der Waals surface area contributed by atoms with E-state index < -0.39 is 0 Å². The number of hydrogen-bond acceptors (Lipinski definition) is 6. The maximum atomic E-state index is 11.8. The van der Waals surface area contributed by atoms with E-state index in [1.165, 1.54) is 0 Å². The van der Waals surface area contributed by atoms with Gasteiger partial charge in [-0.05, 0) is 65.2 Å². The van der Waals surface area contributed by atoms with E-state index in [0.717, 1.165) is 12.8 Å². The molecule has 0 heterocycles. The zero-order valence-electron chi connectivity index (χ0n) is 16.1. The Morgan fingerprint density at radius 2 is 0.923 bits per heavy atom. The first kappa shape index (κ1) is 22.3. The van der Waals surface area contributed by atoms with Crippen molar-refractivity contribution in [3.8, 4) is 0 Å². The Bertz CT molecular complexity index is 433. The van der Waals surface area contributed by atoms with E-state index in [9.17, 15) is 19.2 Å². The summed E-state index contributed by atoms with van der Waals surface area (Å²) in [4.78, 5) is 45.3. The van der Waals surface area contributed by atoms with Gasteiger partial charge in [0.2, 0.25) is 0 Å². The van der Waals surface area contributed by atoms with Crippen LogP contribution < -0.4 is 0 Å². The predicted octanol–water partition coefficient (Wildman–Crippen LogP) is 3.68. The summed E-state index contributed by atoms with van der Waals surface area (Å²) in [6.07, 6.45) is 7.17. The lowest BCUT2D eigenvalue weighted by molar-refractivity contribution is -0.158. The van der Waals surface area contributed by atoms with E-state index in [-0.39, 0.29) is 35.7 Å². The van der Waals surface area contributed by atoms with Gasteiger partial charge in [0.05, 0.1) is 0 Å². The van der Waals surface area contributed by atoms with Crippen LogP contribution in [0.1, 0.15) is 90.9 Å². The predicted molar refractivity (Wildman–Crippen MR) is 96.5 cm³/mol. The third kappa shape index (κ3) is 11.0. The van der Waals surface area contributed by atoms with Gasteiger partial charge in [0.1, 0.15) is 23.8 Å². The number of carbonyl (C=O) groups is 4. The molecule has 1 fully saturated rings. The molecule has 26 heavy (non-hydrogen) atoms. The maximum Gasteiger partial charge on any atom is 0.306 e. The van der Waals surface area contributed by atoms with Crippen LogP contribution in [0.3, 0.4) is 0 Å². The van der Waals surface area contributed by atoms with Crippen LogP contribution in [0.15, 0.2) is 0 Å². The average Bonchev–Trinajstić information content (AvgIpc) is 2.57. The summed E-state index contributed by atoms with van der Waals surface area (Å²) < 4.78 is 10.9. The molecule has 0 radical (unpaired) electrons. The third-order valence-electron chi connectivity index (χ3n) is 4.54. The molecule has 6 nitrogen and oxygen atoms in total. The van der Waals surface area contributed by atoms with Crippen molar-refractivity contribution in [3.05, 3.63) is 0 Å². The fourth-order valence-electron chi connectivity index (χ4n) is 3.04. The lowest BCUT2D eigenvalue weighted by Crippen LogP contribution is -2.29. The van der Waals surface area contributed by atoms with Crippen LogP contribution in [0.5, 0.6) is 0 Å². The minimum absolute atomic E-state index is 0.0965. The molecule has 1 aliphatic rings. The van der Waals surface area contributed by atoms with Crippen LogP contribution >= 0.6 is 0 Å². The Morgan fingerprint density at radius 3 is 1.23 bits per heavy atom. The normalized spacial score (nSPS) is 19.6. The van der Waals surface area contributed by atoms with Gasteiger partial charge in [0.25, 0.3) is 0 Å². The molecule has 0 bridgehead atoms. The van der Waals surface area contributed by atoms with Gasteiger partial charge in [-0.2, -0.15) is 0 Å². The molecule has 0 aromatic carbocycles. The zero-order valence-corrected chi connectivity index (χ0v) is 16.1. The second-order valence-corrected chi connectivity index (χ2v) is 7.20. The van der Waals surface area contributed by atoms with Crippen LogP contribution in [0, 0.1) is 0 Å². The van der Waals surface area contributed by atoms with Crippen LogP contribution in [0.4, 0.5) is 0 Å². The van der Waals surface area contributed by atoms with Crippen molar-refractivity contribution in [2.45, 2.75) is 103 Å².